The number of carbonyl (C=O) groups excluding carboxylic acids is 2. The number of nitrogens with zero attached hydrogens (tertiary/aromatic N) is 2. The Bertz CT molecular complexity index is 1690. The number of benzene rings is 4. The van der Waals surface area contributed by atoms with Gasteiger partial charge in [-0.05, 0) is 47.6 Å². The van der Waals surface area contributed by atoms with Crippen LogP contribution in [-0.4, -0.2) is 50.0 Å². The molecular formula is C35H38ClN3O4S. The monoisotopic (exact) mass is 631 g/mol. The van der Waals surface area contributed by atoms with Crippen molar-refractivity contribution in [2.45, 2.75) is 57.2 Å². The number of hydrogen-bond acceptors (Lipinski definition) is 4. The lowest BCUT2D eigenvalue weighted by Gasteiger charge is -2.35. The molecule has 1 fully saturated rings. The molecule has 1 unspecified atom stereocenters. The summed E-state index contributed by atoms with van der Waals surface area (Å²) in [6.45, 7) is -0.346. The van der Waals surface area contributed by atoms with Crippen LogP contribution >= 0.6 is 11.6 Å². The second kappa shape index (κ2) is 14.3. The highest BCUT2D eigenvalue weighted by molar-refractivity contribution is 7.92. The van der Waals surface area contributed by atoms with Crippen LogP contribution in [0.25, 0.3) is 10.8 Å². The second-order valence-corrected chi connectivity index (χ2v) is 13.8. The molecule has 1 atom stereocenters. The first kappa shape index (κ1) is 31.5. The maximum Gasteiger partial charge on any atom is 0.244 e. The van der Waals surface area contributed by atoms with Crippen molar-refractivity contribution >= 4 is 49.9 Å². The number of nitrogens with one attached hydrogen (secondary N) is 1. The van der Waals surface area contributed by atoms with E-state index in [-0.39, 0.29) is 24.9 Å². The number of hydrogen-bond donors (Lipinski definition) is 1. The fourth-order valence-corrected chi connectivity index (χ4v) is 6.89. The van der Waals surface area contributed by atoms with Gasteiger partial charge in [-0.1, -0.05) is 110 Å². The predicted molar refractivity (Wildman–Crippen MR) is 177 cm³/mol. The first-order valence-corrected chi connectivity index (χ1v) is 17.3. The lowest BCUT2D eigenvalue weighted by Crippen LogP contribution is -2.55. The maximum absolute atomic E-state index is 14.4. The smallest absolute Gasteiger partial charge is 0.244 e. The number of rotatable bonds is 11. The Morgan fingerprint density at radius 1 is 0.841 bits per heavy atom. The van der Waals surface area contributed by atoms with Crippen molar-refractivity contribution in [2.75, 3.05) is 17.1 Å². The van der Waals surface area contributed by atoms with E-state index in [0.717, 1.165) is 59.2 Å². The van der Waals surface area contributed by atoms with Gasteiger partial charge in [0.1, 0.15) is 12.6 Å². The van der Waals surface area contributed by atoms with E-state index >= 15 is 0 Å². The minimum absolute atomic E-state index is 0.0465. The summed E-state index contributed by atoms with van der Waals surface area (Å²) in [5.74, 6) is -0.711. The molecule has 230 valence electrons. The van der Waals surface area contributed by atoms with E-state index in [0.29, 0.717) is 16.1 Å². The van der Waals surface area contributed by atoms with Crippen LogP contribution in [0.4, 0.5) is 5.69 Å². The number of carbonyl (C=O) groups is 2. The Morgan fingerprint density at radius 2 is 1.50 bits per heavy atom. The lowest BCUT2D eigenvalue weighted by atomic mass is 9.94. The molecule has 0 aromatic heterocycles. The van der Waals surface area contributed by atoms with Crippen LogP contribution in [-0.2, 0) is 32.6 Å². The molecule has 7 nitrogen and oxygen atoms in total. The van der Waals surface area contributed by atoms with E-state index in [1.165, 1.54) is 4.90 Å². The lowest BCUT2D eigenvalue weighted by molar-refractivity contribution is -0.140. The van der Waals surface area contributed by atoms with Gasteiger partial charge in [0.25, 0.3) is 0 Å². The van der Waals surface area contributed by atoms with Crippen molar-refractivity contribution in [3.8, 4) is 0 Å². The largest absolute Gasteiger partial charge is 0.352 e. The Balaban J connectivity index is 1.54. The normalized spacial score (nSPS) is 14.6. The molecule has 44 heavy (non-hydrogen) atoms. The van der Waals surface area contributed by atoms with Crippen LogP contribution in [0.1, 0.15) is 43.2 Å². The van der Waals surface area contributed by atoms with E-state index in [1.807, 2.05) is 72.8 Å². The molecule has 0 bridgehead atoms. The Morgan fingerprint density at radius 3 is 2.20 bits per heavy atom. The highest BCUT2D eigenvalue weighted by Gasteiger charge is 2.34. The predicted octanol–water partition coefficient (Wildman–Crippen LogP) is 6.35. The van der Waals surface area contributed by atoms with Gasteiger partial charge in [0.2, 0.25) is 21.8 Å². The SMILES string of the molecule is CS(=O)(=O)N(CC(=O)N(Cc1ccc(Cl)cc1)C(Cc1ccccc1)C(=O)NC1CCCCC1)c1cccc2ccccc12. The van der Waals surface area contributed by atoms with Crippen molar-refractivity contribution in [3.05, 3.63) is 113 Å². The van der Waals surface area contributed by atoms with E-state index in [2.05, 4.69) is 5.32 Å². The zero-order valence-corrected chi connectivity index (χ0v) is 26.4. The second-order valence-electron chi connectivity index (χ2n) is 11.5. The highest BCUT2D eigenvalue weighted by Crippen LogP contribution is 2.29. The average Bonchev–Trinajstić information content (AvgIpc) is 3.02. The molecular weight excluding hydrogens is 594 g/mol. The zero-order chi connectivity index (χ0) is 31.1. The van der Waals surface area contributed by atoms with Crippen molar-refractivity contribution in [2.24, 2.45) is 0 Å². The van der Waals surface area contributed by atoms with Crippen LogP contribution in [0.3, 0.4) is 0 Å². The van der Waals surface area contributed by atoms with Crippen LogP contribution in [0.15, 0.2) is 97.1 Å². The summed E-state index contributed by atoms with van der Waals surface area (Å²) in [7, 11) is -3.88. The summed E-state index contributed by atoms with van der Waals surface area (Å²) in [5, 5.41) is 5.36. The van der Waals surface area contributed by atoms with Crippen molar-refractivity contribution in [1.82, 2.24) is 10.2 Å². The molecule has 0 aliphatic heterocycles. The van der Waals surface area contributed by atoms with E-state index in [1.54, 1.807) is 24.3 Å². The van der Waals surface area contributed by atoms with Crippen molar-refractivity contribution < 1.29 is 18.0 Å². The molecule has 4 aromatic carbocycles. The molecule has 2 amide bonds. The van der Waals surface area contributed by atoms with Gasteiger partial charge in [0.15, 0.2) is 0 Å². The van der Waals surface area contributed by atoms with Crippen LogP contribution in [0.2, 0.25) is 5.02 Å². The molecule has 1 aliphatic rings. The molecule has 0 radical (unpaired) electrons. The fourth-order valence-electron chi connectivity index (χ4n) is 5.91. The maximum atomic E-state index is 14.4. The van der Waals surface area contributed by atoms with Crippen molar-refractivity contribution in [3.63, 3.8) is 0 Å². The molecule has 0 heterocycles. The van der Waals surface area contributed by atoms with Gasteiger partial charge in [0.05, 0.1) is 11.9 Å². The first-order valence-electron chi connectivity index (χ1n) is 15.0. The van der Waals surface area contributed by atoms with Crippen LogP contribution < -0.4 is 9.62 Å². The zero-order valence-electron chi connectivity index (χ0n) is 24.9. The number of fused-ring (bicyclic) bond motifs is 1. The average molecular weight is 632 g/mol. The minimum atomic E-state index is -3.88. The number of amides is 2. The molecule has 5 rings (SSSR count). The van der Waals surface area contributed by atoms with Gasteiger partial charge in [-0.25, -0.2) is 8.42 Å². The summed E-state index contributed by atoms with van der Waals surface area (Å²) in [6.07, 6.45) is 6.44. The van der Waals surface area contributed by atoms with Gasteiger partial charge in [-0.2, -0.15) is 0 Å². The highest BCUT2D eigenvalue weighted by atomic mass is 35.5. The van der Waals surface area contributed by atoms with E-state index in [4.69, 9.17) is 11.6 Å². The molecule has 1 aliphatic carbocycles. The Labute approximate surface area is 264 Å². The van der Waals surface area contributed by atoms with Crippen molar-refractivity contribution in [1.29, 1.82) is 0 Å². The topological polar surface area (TPSA) is 86.8 Å². The van der Waals surface area contributed by atoms with Crippen LogP contribution in [0.5, 0.6) is 0 Å². The van der Waals surface area contributed by atoms with E-state index < -0.39 is 28.5 Å². The number of anilines is 1. The molecule has 0 saturated heterocycles. The first-order chi connectivity index (χ1) is 21.2. The third-order valence-electron chi connectivity index (χ3n) is 8.20. The van der Waals surface area contributed by atoms with Gasteiger partial charge < -0.3 is 10.2 Å². The Kier molecular flexibility index (Phi) is 10.2. The van der Waals surface area contributed by atoms with E-state index in [9.17, 15) is 18.0 Å². The summed E-state index contributed by atoms with van der Waals surface area (Å²) in [5.41, 5.74) is 2.10. The molecule has 9 heteroatoms. The third kappa shape index (κ3) is 7.98. The molecule has 1 saturated carbocycles. The van der Waals surface area contributed by atoms with Gasteiger partial charge in [-0.3, -0.25) is 13.9 Å². The minimum Gasteiger partial charge on any atom is -0.352 e. The summed E-state index contributed by atoms with van der Waals surface area (Å²) in [4.78, 5) is 30.0. The Hall–Kier alpha value is -3.88. The number of halogens is 1. The van der Waals surface area contributed by atoms with Gasteiger partial charge in [-0.15, -0.1) is 0 Å². The summed E-state index contributed by atoms with van der Waals surface area (Å²) >= 11 is 6.16. The number of sulfonamides is 1. The summed E-state index contributed by atoms with van der Waals surface area (Å²) in [6, 6.07) is 28.8. The van der Waals surface area contributed by atoms with Gasteiger partial charge in [0, 0.05) is 29.4 Å². The molecule has 1 N–H and O–H groups in total. The molecule has 0 spiro atoms. The molecule has 4 aromatic rings. The quantitative estimate of drug-likeness (QED) is 0.209. The van der Waals surface area contributed by atoms with Gasteiger partial charge >= 0.3 is 0 Å². The fraction of sp³-hybridized carbons (Fsp3) is 0.314. The van der Waals surface area contributed by atoms with Crippen LogP contribution in [0, 0.1) is 0 Å². The third-order valence-corrected chi connectivity index (χ3v) is 9.58. The summed E-state index contributed by atoms with van der Waals surface area (Å²) < 4.78 is 27.6. The standard InChI is InChI=1S/C35H38ClN3O4S/c1-44(42,43)39(32-18-10-14-28-13-8-9-17-31(28)32)25-34(40)38(24-27-19-21-29(36)22-20-27)33(23-26-11-4-2-5-12-26)35(41)37-30-15-6-3-7-16-30/h2,4-5,8-14,17-22,30,33H,3,6-7,15-16,23-25H2,1H3,(H,37,41).